The van der Waals surface area contributed by atoms with Crippen molar-refractivity contribution in [2.24, 2.45) is 0 Å². The molecule has 0 atom stereocenters. The van der Waals surface area contributed by atoms with Crippen LogP contribution in [0.3, 0.4) is 0 Å². The Morgan fingerprint density at radius 3 is 2.90 bits per heavy atom. The van der Waals surface area contributed by atoms with E-state index in [2.05, 4.69) is 20.8 Å². The number of carbonyl (C=O) groups is 1. The lowest BCUT2D eigenvalue weighted by molar-refractivity contribution is 0.261. The van der Waals surface area contributed by atoms with Crippen molar-refractivity contribution < 1.29 is 9.21 Å². The van der Waals surface area contributed by atoms with E-state index in [-0.39, 0.29) is 6.01 Å². The van der Waals surface area contributed by atoms with Crippen molar-refractivity contribution in [3.8, 4) is 11.5 Å². The molecule has 0 radical (unpaired) electrons. The van der Waals surface area contributed by atoms with Gasteiger partial charge in [-0.1, -0.05) is 22.8 Å². The van der Waals surface area contributed by atoms with Gasteiger partial charge in [-0.2, -0.15) is 11.3 Å². The van der Waals surface area contributed by atoms with Crippen molar-refractivity contribution in [2.45, 2.75) is 0 Å². The smallest absolute Gasteiger partial charge is 0.327 e. The number of carbonyl (C=O) groups excluding carboxylic acids is 1. The summed E-state index contributed by atoms with van der Waals surface area (Å²) in [6, 6.07) is 8.19. The van der Waals surface area contributed by atoms with Gasteiger partial charge >= 0.3 is 12.0 Å². The molecule has 2 aromatic heterocycles. The summed E-state index contributed by atoms with van der Waals surface area (Å²) in [7, 11) is 0. The van der Waals surface area contributed by atoms with Crippen molar-refractivity contribution in [2.75, 3.05) is 10.6 Å². The van der Waals surface area contributed by atoms with Gasteiger partial charge in [0.2, 0.25) is 0 Å². The number of benzene rings is 1. The van der Waals surface area contributed by atoms with E-state index in [1.165, 1.54) is 11.3 Å². The third-order valence-corrected chi connectivity index (χ3v) is 3.41. The molecule has 0 aliphatic heterocycles. The fourth-order valence-electron chi connectivity index (χ4n) is 1.60. The standard InChI is InChI=1S/C13H9ClN4O2S/c14-9-2-1-3-10(6-9)15-12(19)16-13-18-17-11(20-13)8-4-5-21-7-8/h1-7H,(H2,15,16,18,19). The zero-order chi connectivity index (χ0) is 14.7. The predicted octanol–water partition coefficient (Wildman–Crippen LogP) is 4.10. The summed E-state index contributed by atoms with van der Waals surface area (Å²) >= 11 is 7.36. The van der Waals surface area contributed by atoms with Crippen LogP contribution in [0.4, 0.5) is 16.5 Å². The Hall–Kier alpha value is -2.38. The summed E-state index contributed by atoms with van der Waals surface area (Å²) < 4.78 is 5.35. The highest BCUT2D eigenvalue weighted by molar-refractivity contribution is 7.08. The van der Waals surface area contributed by atoms with E-state index in [4.69, 9.17) is 16.0 Å². The van der Waals surface area contributed by atoms with Crippen molar-refractivity contribution in [1.82, 2.24) is 10.2 Å². The fraction of sp³-hybridized carbons (Fsp3) is 0. The van der Waals surface area contributed by atoms with Gasteiger partial charge < -0.3 is 9.73 Å². The third kappa shape index (κ3) is 3.39. The highest BCUT2D eigenvalue weighted by Gasteiger charge is 2.11. The summed E-state index contributed by atoms with van der Waals surface area (Å²) in [4.78, 5) is 11.8. The lowest BCUT2D eigenvalue weighted by atomic mass is 10.3. The molecule has 3 aromatic rings. The molecule has 21 heavy (non-hydrogen) atoms. The molecular formula is C13H9ClN4O2S. The maximum Gasteiger partial charge on any atom is 0.327 e. The molecule has 0 aliphatic carbocycles. The fourth-order valence-corrected chi connectivity index (χ4v) is 2.42. The molecule has 2 heterocycles. The highest BCUT2D eigenvalue weighted by atomic mass is 35.5. The average Bonchev–Trinajstić information content (AvgIpc) is 3.08. The topological polar surface area (TPSA) is 80.0 Å². The maximum atomic E-state index is 11.8. The van der Waals surface area contributed by atoms with Crippen LogP contribution < -0.4 is 10.6 Å². The summed E-state index contributed by atoms with van der Waals surface area (Å²) in [6.07, 6.45) is 0. The number of nitrogens with zero attached hydrogens (tertiary/aromatic N) is 2. The third-order valence-electron chi connectivity index (χ3n) is 2.50. The quantitative estimate of drug-likeness (QED) is 0.761. The minimum Gasteiger partial charge on any atom is -0.403 e. The van der Waals surface area contributed by atoms with Crippen LogP contribution in [-0.4, -0.2) is 16.2 Å². The number of hydrogen-bond donors (Lipinski definition) is 2. The van der Waals surface area contributed by atoms with E-state index in [9.17, 15) is 4.79 Å². The number of hydrogen-bond acceptors (Lipinski definition) is 5. The molecule has 2 N–H and O–H groups in total. The molecule has 2 amide bonds. The van der Waals surface area contributed by atoms with Gasteiger partial charge in [0.05, 0.1) is 0 Å². The molecule has 0 fully saturated rings. The first kappa shape index (κ1) is 13.6. The Bertz CT molecular complexity index is 757. The largest absolute Gasteiger partial charge is 0.403 e. The second-order valence-electron chi connectivity index (χ2n) is 4.01. The normalized spacial score (nSPS) is 10.3. The van der Waals surface area contributed by atoms with Crippen LogP contribution in [0.5, 0.6) is 0 Å². The SMILES string of the molecule is O=C(Nc1cccc(Cl)c1)Nc1nnc(-c2ccsc2)o1. The van der Waals surface area contributed by atoms with E-state index < -0.39 is 6.03 Å². The molecule has 0 aliphatic rings. The van der Waals surface area contributed by atoms with Crippen molar-refractivity contribution in [3.63, 3.8) is 0 Å². The molecule has 0 saturated carbocycles. The zero-order valence-electron chi connectivity index (χ0n) is 10.5. The first-order valence-electron chi connectivity index (χ1n) is 5.90. The Labute approximate surface area is 128 Å². The Morgan fingerprint density at radius 2 is 2.14 bits per heavy atom. The number of urea groups is 1. The highest BCUT2D eigenvalue weighted by Crippen LogP contribution is 2.22. The first-order valence-corrected chi connectivity index (χ1v) is 7.22. The summed E-state index contributed by atoms with van der Waals surface area (Å²) in [5, 5.41) is 17.0. The van der Waals surface area contributed by atoms with E-state index >= 15 is 0 Å². The minimum atomic E-state index is -0.488. The molecular weight excluding hydrogens is 312 g/mol. The number of rotatable bonds is 3. The van der Waals surface area contributed by atoms with Crippen LogP contribution in [0.25, 0.3) is 11.5 Å². The van der Waals surface area contributed by atoms with E-state index in [0.29, 0.717) is 16.6 Å². The van der Waals surface area contributed by atoms with Crippen molar-refractivity contribution in [1.29, 1.82) is 0 Å². The van der Waals surface area contributed by atoms with Crippen LogP contribution in [0.15, 0.2) is 45.5 Å². The van der Waals surface area contributed by atoms with Crippen molar-refractivity contribution in [3.05, 3.63) is 46.1 Å². The zero-order valence-corrected chi connectivity index (χ0v) is 12.1. The minimum absolute atomic E-state index is 0.0238. The number of thiophene rings is 1. The Kier molecular flexibility index (Phi) is 3.85. The van der Waals surface area contributed by atoms with E-state index in [1.807, 2.05) is 16.8 Å². The van der Waals surface area contributed by atoms with Crippen LogP contribution in [0, 0.1) is 0 Å². The Morgan fingerprint density at radius 1 is 1.24 bits per heavy atom. The number of halogens is 1. The molecule has 106 valence electrons. The van der Waals surface area contributed by atoms with Gasteiger partial charge in [0.25, 0.3) is 5.89 Å². The summed E-state index contributed by atoms with van der Waals surface area (Å²) in [6.45, 7) is 0. The molecule has 8 heteroatoms. The number of anilines is 2. The van der Waals surface area contributed by atoms with Gasteiger partial charge in [-0.25, -0.2) is 4.79 Å². The number of amides is 2. The van der Waals surface area contributed by atoms with Gasteiger partial charge in [-0.05, 0) is 29.6 Å². The average molecular weight is 321 g/mol. The van der Waals surface area contributed by atoms with Crippen LogP contribution >= 0.6 is 22.9 Å². The molecule has 3 rings (SSSR count). The van der Waals surface area contributed by atoms with Gasteiger partial charge in [-0.15, -0.1) is 5.10 Å². The maximum absolute atomic E-state index is 11.8. The van der Waals surface area contributed by atoms with Crippen molar-refractivity contribution >= 4 is 40.7 Å². The summed E-state index contributed by atoms with van der Waals surface area (Å²) in [5.41, 5.74) is 1.38. The lowest BCUT2D eigenvalue weighted by Gasteiger charge is -2.04. The molecule has 6 nitrogen and oxygen atoms in total. The second-order valence-corrected chi connectivity index (χ2v) is 5.23. The van der Waals surface area contributed by atoms with Crippen LogP contribution in [-0.2, 0) is 0 Å². The monoisotopic (exact) mass is 320 g/mol. The summed E-state index contributed by atoms with van der Waals surface area (Å²) in [5.74, 6) is 0.356. The van der Waals surface area contributed by atoms with E-state index in [1.54, 1.807) is 24.3 Å². The van der Waals surface area contributed by atoms with Gasteiger partial charge in [0.1, 0.15) is 0 Å². The molecule has 1 aromatic carbocycles. The van der Waals surface area contributed by atoms with Crippen LogP contribution in [0.1, 0.15) is 0 Å². The molecule has 0 bridgehead atoms. The first-order chi connectivity index (χ1) is 10.2. The van der Waals surface area contributed by atoms with Gasteiger partial charge in [-0.3, -0.25) is 5.32 Å². The second kappa shape index (κ2) is 5.94. The Balaban J connectivity index is 1.65. The molecule has 0 spiro atoms. The lowest BCUT2D eigenvalue weighted by Crippen LogP contribution is -2.19. The number of nitrogens with one attached hydrogen (secondary N) is 2. The molecule has 0 saturated heterocycles. The molecule has 0 unspecified atom stereocenters. The van der Waals surface area contributed by atoms with Gasteiger partial charge in [0, 0.05) is 21.7 Å². The predicted molar refractivity (Wildman–Crippen MR) is 81.7 cm³/mol. The number of aromatic nitrogens is 2. The van der Waals surface area contributed by atoms with Crippen LogP contribution in [0.2, 0.25) is 5.02 Å². The van der Waals surface area contributed by atoms with Gasteiger partial charge in [0.15, 0.2) is 0 Å². The van der Waals surface area contributed by atoms with E-state index in [0.717, 1.165) is 5.56 Å².